The first-order chi connectivity index (χ1) is 13.0. The van der Waals surface area contributed by atoms with Gasteiger partial charge in [0.25, 0.3) is 0 Å². The largest absolute Gasteiger partial charge is 0.490 e. The lowest BCUT2D eigenvalue weighted by atomic mass is 10.1. The number of halogens is 6. The number of esters is 1. The number of carbonyl (C=O) groups excluding carboxylic acids is 1. The van der Waals surface area contributed by atoms with Gasteiger partial charge in [0.05, 0.1) is 6.61 Å². The van der Waals surface area contributed by atoms with Crippen molar-refractivity contribution in [2.24, 2.45) is 0 Å². The first kappa shape index (κ1) is 29.1. The third kappa shape index (κ3) is 12.2. The van der Waals surface area contributed by atoms with E-state index in [0.29, 0.717) is 18.7 Å². The number of ether oxygens (including phenoxy) is 1. The summed E-state index contributed by atoms with van der Waals surface area (Å²) in [6.07, 6.45) is -10.2. The monoisotopic (exact) mass is 442 g/mol. The molecule has 3 N–H and O–H groups in total. The summed E-state index contributed by atoms with van der Waals surface area (Å²) in [5.41, 5.74) is 0. The van der Waals surface area contributed by atoms with Crippen LogP contribution in [0.5, 0.6) is 0 Å². The molecule has 0 bridgehead atoms. The van der Waals surface area contributed by atoms with Gasteiger partial charge in [-0.3, -0.25) is 9.69 Å². The predicted octanol–water partition coefficient (Wildman–Crippen LogP) is 1.89. The summed E-state index contributed by atoms with van der Waals surface area (Å²) >= 11 is 0. The van der Waals surface area contributed by atoms with Crippen LogP contribution < -0.4 is 5.32 Å². The van der Waals surface area contributed by atoms with Gasteiger partial charge >= 0.3 is 30.3 Å². The maximum atomic E-state index is 11.6. The average molecular weight is 442 g/mol. The third-order valence-corrected chi connectivity index (χ3v) is 3.46. The summed E-state index contributed by atoms with van der Waals surface area (Å²) in [7, 11) is 0. The maximum absolute atomic E-state index is 11.6. The van der Waals surface area contributed by atoms with Crippen LogP contribution in [0, 0.1) is 0 Å². The lowest BCUT2D eigenvalue weighted by Crippen LogP contribution is -2.59. The second kappa shape index (κ2) is 12.5. The van der Waals surface area contributed by atoms with E-state index in [9.17, 15) is 31.1 Å². The number of hydrogen-bond acceptors (Lipinski definition) is 6. The van der Waals surface area contributed by atoms with Crippen molar-refractivity contribution in [3.8, 4) is 0 Å². The van der Waals surface area contributed by atoms with E-state index >= 15 is 0 Å². The molecule has 0 aromatic rings. The lowest BCUT2D eigenvalue weighted by molar-refractivity contribution is -0.193. The Kier molecular flexibility index (Phi) is 12.5. The number of carboxylic acids is 2. The first-order valence-corrected chi connectivity index (χ1v) is 8.21. The fourth-order valence-electron chi connectivity index (χ4n) is 2.29. The van der Waals surface area contributed by atoms with Crippen LogP contribution >= 0.6 is 0 Å². The maximum Gasteiger partial charge on any atom is 0.490 e. The van der Waals surface area contributed by atoms with Gasteiger partial charge < -0.3 is 20.3 Å². The number of alkyl halides is 6. The first-order valence-electron chi connectivity index (χ1n) is 8.21. The van der Waals surface area contributed by atoms with Crippen LogP contribution in [0.2, 0.25) is 0 Å². The quantitative estimate of drug-likeness (QED) is 0.448. The van der Waals surface area contributed by atoms with Crippen molar-refractivity contribution in [1.29, 1.82) is 0 Å². The van der Waals surface area contributed by atoms with Gasteiger partial charge in [0.15, 0.2) is 0 Å². The van der Waals surface area contributed by atoms with Crippen molar-refractivity contribution in [3.05, 3.63) is 0 Å². The summed E-state index contributed by atoms with van der Waals surface area (Å²) in [6.45, 7) is 10.4. The molecule has 0 saturated carbocycles. The van der Waals surface area contributed by atoms with Gasteiger partial charge in [0.1, 0.15) is 6.04 Å². The van der Waals surface area contributed by atoms with E-state index in [-0.39, 0.29) is 12.0 Å². The second-order valence-electron chi connectivity index (χ2n) is 5.84. The Hall–Kier alpha value is -2.09. The molecule has 0 aromatic heterocycles. The molecule has 1 heterocycles. The minimum absolute atomic E-state index is 0.113. The molecule has 1 aliphatic rings. The number of carbonyl (C=O) groups is 3. The number of rotatable bonds is 3. The standard InChI is InChI=1S/C11H22N2O2.2C2HF3O2/c1-5-15-11(14)10(4)13-8(2)6-12-7-9(13)3;2*3-2(4,5)1(6)7/h8-10,12H,5-7H2,1-4H3;2*(H,6,7). The summed E-state index contributed by atoms with van der Waals surface area (Å²) in [5.74, 6) is -5.63. The summed E-state index contributed by atoms with van der Waals surface area (Å²) in [4.78, 5) is 31.7. The highest BCUT2D eigenvalue weighted by atomic mass is 19.4. The van der Waals surface area contributed by atoms with E-state index in [1.54, 1.807) is 0 Å². The molecule has 3 atom stereocenters. The van der Waals surface area contributed by atoms with Crippen LogP contribution in [-0.4, -0.2) is 83.2 Å². The zero-order valence-electron chi connectivity index (χ0n) is 16.1. The highest BCUT2D eigenvalue weighted by molar-refractivity contribution is 5.75. The summed E-state index contributed by atoms with van der Waals surface area (Å²) in [6, 6.07) is 0.623. The molecule has 3 unspecified atom stereocenters. The minimum atomic E-state index is -5.08. The van der Waals surface area contributed by atoms with Crippen molar-refractivity contribution >= 4 is 17.9 Å². The second-order valence-corrected chi connectivity index (χ2v) is 5.84. The smallest absolute Gasteiger partial charge is 0.475 e. The number of nitrogens with one attached hydrogen (secondary N) is 1. The SMILES string of the molecule is CCOC(=O)C(C)N1C(C)CNCC1C.O=C(O)C(F)(F)F.O=C(O)C(F)(F)F. The van der Waals surface area contributed by atoms with Gasteiger partial charge in [-0.15, -0.1) is 0 Å². The molecule has 1 aliphatic heterocycles. The molecular formula is C15H24F6N2O6. The normalized spacial score (nSPS) is 20.9. The van der Waals surface area contributed by atoms with Gasteiger partial charge in [0.2, 0.25) is 0 Å². The van der Waals surface area contributed by atoms with E-state index < -0.39 is 24.3 Å². The van der Waals surface area contributed by atoms with Crippen LogP contribution in [0.15, 0.2) is 0 Å². The number of nitrogens with zero attached hydrogens (tertiary/aromatic N) is 1. The van der Waals surface area contributed by atoms with Crippen molar-refractivity contribution in [1.82, 2.24) is 10.2 Å². The van der Waals surface area contributed by atoms with Crippen molar-refractivity contribution in [2.75, 3.05) is 19.7 Å². The molecule has 172 valence electrons. The van der Waals surface area contributed by atoms with Crippen molar-refractivity contribution in [3.63, 3.8) is 0 Å². The minimum Gasteiger partial charge on any atom is -0.475 e. The van der Waals surface area contributed by atoms with E-state index in [1.165, 1.54) is 0 Å². The Morgan fingerprint density at radius 2 is 1.31 bits per heavy atom. The molecule has 0 amide bonds. The van der Waals surface area contributed by atoms with Crippen LogP contribution in [0.4, 0.5) is 26.3 Å². The number of carboxylic acid groups (broad SMARTS) is 2. The molecule has 0 radical (unpaired) electrons. The summed E-state index contributed by atoms with van der Waals surface area (Å²) in [5, 5.41) is 17.6. The van der Waals surface area contributed by atoms with Crippen molar-refractivity contribution < 1.29 is 55.7 Å². The van der Waals surface area contributed by atoms with Gasteiger partial charge in [-0.25, -0.2) is 9.59 Å². The summed E-state index contributed by atoms with van der Waals surface area (Å²) < 4.78 is 68.5. The highest BCUT2D eigenvalue weighted by Gasteiger charge is 2.39. The Balaban J connectivity index is 0. The van der Waals surface area contributed by atoms with Crippen LogP contribution in [0.25, 0.3) is 0 Å². The van der Waals surface area contributed by atoms with E-state index in [4.69, 9.17) is 24.5 Å². The zero-order valence-corrected chi connectivity index (χ0v) is 16.1. The third-order valence-electron chi connectivity index (χ3n) is 3.46. The zero-order chi connectivity index (χ0) is 23.6. The Morgan fingerprint density at radius 1 is 1.00 bits per heavy atom. The average Bonchev–Trinajstić information content (AvgIpc) is 2.54. The van der Waals surface area contributed by atoms with Crippen LogP contribution in [-0.2, 0) is 19.1 Å². The van der Waals surface area contributed by atoms with E-state index in [1.807, 2.05) is 13.8 Å². The molecule has 0 aromatic carbocycles. The molecule has 29 heavy (non-hydrogen) atoms. The molecule has 0 aliphatic carbocycles. The molecule has 0 spiro atoms. The number of hydrogen-bond donors (Lipinski definition) is 3. The van der Waals surface area contributed by atoms with Crippen molar-refractivity contribution in [2.45, 2.75) is 58.2 Å². The number of piperazine rings is 1. The fraction of sp³-hybridized carbons (Fsp3) is 0.800. The molecular weight excluding hydrogens is 418 g/mol. The molecule has 8 nitrogen and oxygen atoms in total. The molecule has 14 heteroatoms. The van der Waals surface area contributed by atoms with Gasteiger partial charge in [0, 0.05) is 25.2 Å². The van der Waals surface area contributed by atoms with Gasteiger partial charge in [-0.1, -0.05) is 0 Å². The Morgan fingerprint density at radius 3 is 1.55 bits per heavy atom. The number of aliphatic carboxylic acids is 2. The van der Waals surface area contributed by atoms with E-state index in [2.05, 4.69) is 24.1 Å². The van der Waals surface area contributed by atoms with Gasteiger partial charge in [-0.2, -0.15) is 26.3 Å². The lowest BCUT2D eigenvalue weighted by Gasteiger charge is -2.42. The van der Waals surface area contributed by atoms with Crippen LogP contribution in [0.1, 0.15) is 27.7 Å². The Labute approximate surface area is 162 Å². The highest BCUT2D eigenvalue weighted by Crippen LogP contribution is 2.15. The predicted molar refractivity (Wildman–Crippen MR) is 87.1 cm³/mol. The van der Waals surface area contributed by atoms with Crippen LogP contribution in [0.3, 0.4) is 0 Å². The van der Waals surface area contributed by atoms with E-state index in [0.717, 1.165) is 13.1 Å². The Bertz CT molecular complexity index is 506. The fourth-order valence-corrected chi connectivity index (χ4v) is 2.29. The van der Waals surface area contributed by atoms with Gasteiger partial charge in [-0.05, 0) is 27.7 Å². The molecule has 1 rings (SSSR count). The molecule has 1 fully saturated rings. The topological polar surface area (TPSA) is 116 Å². The molecule has 1 saturated heterocycles.